The highest BCUT2D eigenvalue weighted by atomic mass is 19.3. The average Bonchev–Trinajstić information content (AvgIpc) is 2.75. The first-order valence-electron chi connectivity index (χ1n) is 8.40. The number of halogens is 3. The van der Waals surface area contributed by atoms with Gasteiger partial charge in [0.15, 0.2) is 5.54 Å². The highest BCUT2D eigenvalue weighted by molar-refractivity contribution is 5.84. The van der Waals surface area contributed by atoms with Gasteiger partial charge < -0.3 is 21.1 Å². The summed E-state index contributed by atoms with van der Waals surface area (Å²) in [4.78, 5) is 4.12. The summed E-state index contributed by atoms with van der Waals surface area (Å²) in [6.07, 6.45) is 0. The van der Waals surface area contributed by atoms with Gasteiger partial charge in [0.1, 0.15) is 24.9 Å². The van der Waals surface area contributed by atoms with Crippen LogP contribution in [0.5, 0.6) is 0 Å². The number of likely N-dealkylation sites (N-methyl/N-ethyl adjacent to an activating group) is 1. The summed E-state index contributed by atoms with van der Waals surface area (Å²) in [6, 6.07) is 10.9. The van der Waals surface area contributed by atoms with Crippen LogP contribution in [0.4, 0.5) is 30.2 Å². The predicted octanol–water partition coefficient (Wildman–Crippen LogP) is 3.65. The number of anilines is 3. The van der Waals surface area contributed by atoms with E-state index in [2.05, 4.69) is 15.6 Å². The molecule has 1 aliphatic heterocycles. The monoisotopic (exact) mass is 378 g/mol. The smallest absolute Gasteiger partial charge is 0.299 e. The van der Waals surface area contributed by atoms with Crippen molar-refractivity contribution in [2.24, 2.45) is 4.99 Å². The molecule has 144 valence electrons. The van der Waals surface area contributed by atoms with Gasteiger partial charge in [-0.25, -0.2) is 13.2 Å². The highest BCUT2D eigenvalue weighted by Gasteiger charge is 2.54. The van der Waals surface area contributed by atoms with Crippen LogP contribution < -0.4 is 16.4 Å². The second-order valence-electron chi connectivity index (χ2n) is 6.52. The molecule has 0 saturated heterocycles. The standard InChI is InChI=1S/C19H21F3N4O/c1-18(19(21,22)11-27-10-17(24-2)26-18)15-9-14(7-8-16(15)20)25-13-5-3-12(23)4-6-13/h3-9,25H,10-11,23H2,1-2H3,(H,24,26)/t18-/m1/s1. The SMILES string of the molecule is CNC1=N[C@](C)(c2cc(Nc3ccc(N)cc3)ccc2F)C(F)(F)COC1. The van der Waals surface area contributed by atoms with Gasteiger partial charge in [-0.1, -0.05) is 0 Å². The Balaban J connectivity index is 2.04. The quantitative estimate of drug-likeness (QED) is 0.713. The molecule has 1 aliphatic rings. The van der Waals surface area contributed by atoms with E-state index in [1.165, 1.54) is 19.1 Å². The number of hydrogen-bond acceptors (Lipinski definition) is 5. The zero-order valence-electron chi connectivity index (χ0n) is 15.0. The van der Waals surface area contributed by atoms with E-state index in [4.69, 9.17) is 10.5 Å². The third kappa shape index (κ3) is 3.71. The molecule has 0 amide bonds. The third-order valence-electron chi connectivity index (χ3n) is 4.57. The lowest BCUT2D eigenvalue weighted by atomic mass is 9.85. The van der Waals surface area contributed by atoms with Crippen molar-refractivity contribution in [3.63, 3.8) is 0 Å². The fourth-order valence-corrected chi connectivity index (χ4v) is 2.89. The molecule has 8 heteroatoms. The van der Waals surface area contributed by atoms with Crippen molar-refractivity contribution >= 4 is 22.9 Å². The van der Waals surface area contributed by atoms with Gasteiger partial charge in [0.2, 0.25) is 0 Å². The minimum Gasteiger partial charge on any atom is -0.399 e. The zero-order chi connectivity index (χ0) is 19.7. The van der Waals surface area contributed by atoms with Gasteiger partial charge in [0, 0.05) is 29.7 Å². The second-order valence-corrected chi connectivity index (χ2v) is 6.52. The molecule has 1 heterocycles. The summed E-state index contributed by atoms with van der Waals surface area (Å²) in [5.74, 6) is -3.93. The first-order valence-corrected chi connectivity index (χ1v) is 8.40. The minimum absolute atomic E-state index is 0.0906. The molecule has 2 aromatic carbocycles. The lowest BCUT2D eigenvalue weighted by Gasteiger charge is -2.33. The van der Waals surface area contributed by atoms with Gasteiger partial charge in [-0.05, 0) is 49.4 Å². The maximum absolute atomic E-state index is 14.8. The number of rotatable bonds is 3. The van der Waals surface area contributed by atoms with Crippen LogP contribution in [0, 0.1) is 5.82 Å². The van der Waals surface area contributed by atoms with Crippen LogP contribution in [0.25, 0.3) is 0 Å². The predicted molar refractivity (Wildman–Crippen MR) is 100 cm³/mol. The lowest BCUT2D eigenvalue weighted by molar-refractivity contribution is -0.116. The normalized spacial score (nSPS) is 21.9. The minimum atomic E-state index is -3.40. The first kappa shape index (κ1) is 19.0. The molecular formula is C19H21F3N4O. The van der Waals surface area contributed by atoms with Crippen molar-refractivity contribution in [1.82, 2.24) is 5.32 Å². The number of nitrogens with two attached hydrogens (primary N) is 1. The molecule has 0 spiro atoms. The molecule has 1 atom stereocenters. The fourth-order valence-electron chi connectivity index (χ4n) is 2.89. The molecule has 0 radical (unpaired) electrons. The molecular weight excluding hydrogens is 357 g/mol. The molecule has 2 aromatic rings. The summed E-state index contributed by atoms with van der Waals surface area (Å²) in [7, 11) is 1.56. The summed E-state index contributed by atoms with van der Waals surface area (Å²) in [5.41, 5.74) is 5.07. The molecule has 0 unspecified atom stereocenters. The Morgan fingerprint density at radius 3 is 2.44 bits per heavy atom. The van der Waals surface area contributed by atoms with E-state index in [0.717, 1.165) is 6.07 Å². The van der Waals surface area contributed by atoms with Gasteiger partial charge in [0.25, 0.3) is 5.92 Å². The number of nitrogens with zero attached hydrogens (tertiary/aromatic N) is 1. The Morgan fingerprint density at radius 2 is 1.78 bits per heavy atom. The van der Waals surface area contributed by atoms with Crippen LogP contribution >= 0.6 is 0 Å². The molecule has 0 aromatic heterocycles. The first-order chi connectivity index (χ1) is 12.7. The number of hydrogen-bond donors (Lipinski definition) is 3. The van der Waals surface area contributed by atoms with Crippen molar-refractivity contribution < 1.29 is 17.9 Å². The summed E-state index contributed by atoms with van der Waals surface area (Å²) < 4.78 is 49.3. The Hall–Kier alpha value is -2.74. The van der Waals surface area contributed by atoms with E-state index in [9.17, 15) is 13.2 Å². The van der Waals surface area contributed by atoms with Crippen LogP contribution in [-0.2, 0) is 10.3 Å². The molecule has 3 rings (SSSR count). The number of nitrogens with one attached hydrogen (secondary N) is 2. The molecule has 0 bridgehead atoms. The van der Waals surface area contributed by atoms with Crippen LogP contribution in [0.3, 0.4) is 0 Å². The molecule has 0 aliphatic carbocycles. The summed E-state index contributed by atoms with van der Waals surface area (Å²) in [5, 5.41) is 5.79. The largest absolute Gasteiger partial charge is 0.399 e. The van der Waals surface area contributed by atoms with E-state index < -0.39 is 23.9 Å². The van der Waals surface area contributed by atoms with Crippen LogP contribution in [0.1, 0.15) is 12.5 Å². The Kier molecular flexibility index (Phi) is 5.01. The van der Waals surface area contributed by atoms with E-state index in [-0.39, 0.29) is 18.0 Å². The van der Waals surface area contributed by atoms with E-state index in [0.29, 0.717) is 17.1 Å². The number of benzene rings is 2. The van der Waals surface area contributed by atoms with E-state index in [1.807, 2.05) is 0 Å². The van der Waals surface area contributed by atoms with Crippen LogP contribution in [-0.4, -0.2) is 32.0 Å². The van der Waals surface area contributed by atoms with Crippen molar-refractivity contribution in [2.45, 2.75) is 18.4 Å². The summed E-state index contributed by atoms with van der Waals surface area (Å²) >= 11 is 0. The van der Waals surface area contributed by atoms with Gasteiger partial charge >= 0.3 is 0 Å². The number of amidine groups is 1. The third-order valence-corrected chi connectivity index (χ3v) is 4.57. The van der Waals surface area contributed by atoms with Crippen molar-refractivity contribution in [2.75, 3.05) is 31.3 Å². The maximum atomic E-state index is 14.8. The van der Waals surface area contributed by atoms with Crippen molar-refractivity contribution in [3.05, 3.63) is 53.8 Å². The van der Waals surface area contributed by atoms with E-state index in [1.54, 1.807) is 31.3 Å². The zero-order valence-corrected chi connectivity index (χ0v) is 15.0. The molecule has 0 saturated carbocycles. The lowest BCUT2D eigenvalue weighted by Crippen LogP contribution is -2.45. The average molecular weight is 378 g/mol. The van der Waals surface area contributed by atoms with Crippen LogP contribution in [0.15, 0.2) is 47.5 Å². The van der Waals surface area contributed by atoms with Crippen LogP contribution in [0.2, 0.25) is 0 Å². The number of nitrogen functional groups attached to an aromatic ring is 1. The Bertz CT molecular complexity index is 855. The number of alkyl halides is 2. The Labute approximate surface area is 155 Å². The molecule has 27 heavy (non-hydrogen) atoms. The topological polar surface area (TPSA) is 71.7 Å². The van der Waals surface area contributed by atoms with Crippen molar-refractivity contribution in [3.8, 4) is 0 Å². The van der Waals surface area contributed by atoms with Gasteiger partial charge in [-0.2, -0.15) is 0 Å². The molecule has 0 fully saturated rings. The molecule has 4 N–H and O–H groups in total. The number of aliphatic imine (C=N–C) groups is 1. The number of ether oxygens (including phenoxy) is 1. The van der Waals surface area contributed by atoms with Gasteiger partial charge in [0.05, 0.1) is 0 Å². The maximum Gasteiger partial charge on any atom is 0.299 e. The summed E-state index contributed by atoms with van der Waals surface area (Å²) in [6.45, 7) is 0.268. The molecule has 5 nitrogen and oxygen atoms in total. The fraction of sp³-hybridized carbons (Fsp3) is 0.316. The second kappa shape index (κ2) is 7.11. The van der Waals surface area contributed by atoms with Gasteiger partial charge in [-0.15, -0.1) is 0 Å². The Morgan fingerprint density at radius 1 is 1.11 bits per heavy atom. The highest BCUT2D eigenvalue weighted by Crippen LogP contribution is 2.44. The van der Waals surface area contributed by atoms with E-state index >= 15 is 0 Å². The van der Waals surface area contributed by atoms with Crippen molar-refractivity contribution in [1.29, 1.82) is 0 Å². The van der Waals surface area contributed by atoms with Gasteiger partial charge in [-0.3, -0.25) is 4.99 Å².